The van der Waals surface area contributed by atoms with Gasteiger partial charge in [0.1, 0.15) is 0 Å². The van der Waals surface area contributed by atoms with Crippen LogP contribution in [0.25, 0.3) is 0 Å². The molecule has 1 N–H and O–H groups in total. The molecule has 0 fully saturated rings. The second-order valence-electron chi connectivity index (χ2n) is 4.63. The van der Waals surface area contributed by atoms with Gasteiger partial charge in [-0.05, 0) is 36.6 Å². The van der Waals surface area contributed by atoms with Crippen LogP contribution < -0.4 is 5.32 Å². The van der Waals surface area contributed by atoms with E-state index in [1.165, 1.54) is 0 Å². The molecule has 0 bridgehead atoms. The highest BCUT2D eigenvalue weighted by Crippen LogP contribution is 2.12. The van der Waals surface area contributed by atoms with Crippen LogP contribution in [0, 0.1) is 17.2 Å². The summed E-state index contributed by atoms with van der Waals surface area (Å²) in [5, 5.41) is 11.5. The molecular weight excluding hydrogens is 292 g/mol. The smallest absolute Gasteiger partial charge is 0.251 e. The second-order valence-corrected chi connectivity index (χ2v) is 5.92. The van der Waals surface area contributed by atoms with E-state index in [1.807, 2.05) is 6.07 Å². The summed E-state index contributed by atoms with van der Waals surface area (Å²) in [5.41, 5.74) is 1.14. The molecule has 96 valence electrons. The number of nitriles is 1. The van der Waals surface area contributed by atoms with Crippen molar-refractivity contribution >= 4 is 21.8 Å². The maximum atomic E-state index is 11.8. The highest BCUT2D eigenvalue weighted by molar-refractivity contribution is 9.09. The minimum Gasteiger partial charge on any atom is -0.351 e. The average molecular weight is 309 g/mol. The molecule has 0 spiro atoms. The quantitative estimate of drug-likeness (QED) is 0.850. The molecule has 0 aromatic heterocycles. The maximum Gasteiger partial charge on any atom is 0.251 e. The third-order valence-corrected chi connectivity index (χ3v) is 3.19. The average Bonchev–Trinajstić information content (AvgIpc) is 2.35. The van der Waals surface area contributed by atoms with Gasteiger partial charge in [0, 0.05) is 16.9 Å². The monoisotopic (exact) mass is 308 g/mol. The van der Waals surface area contributed by atoms with Crippen molar-refractivity contribution in [3.63, 3.8) is 0 Å². The normalized spacial score (nSPS) is 11.9. The van der Waals surface area contributed by atoms with Crippen LogP contribution in [0.3, 0.4) is 0 Å². The predicted octanol–water partition coefficient (Wildman–Crippen LogP) is 3.10. The van der Waals surface area contributed by atoms with Crippen LogP contribution in [0.15, 0.2) is 24.3 Å². The summed E-state index contributed by atoms with van der Waals surface area (Å²) in [7, 11) is 0. The van der Waals surface area contributed by atoms with Crippen molar-refractivity contribution in [2.45, 2.75) is 25.1 Å². The first-order valence-corrected chi connectivity index (χ1v) is 6.87. The van der Waals surface area contributed by atoms with E-state index in [-0.39, 0.29) is 5.91 Å². The summed E-state index contributed by atoms with van der Waals surface area (Å²) in [5.74, 6) is 0.494. The summed E-state index contributed by atoms with van der Waals surface area (Å²) in [4.78, 5) is 12.1. The van der Waals surface area contributed by atoms with E-state index >= 15 is 0 Å². The first kappa shape index (κ1) is 14.7. The minimum atomic E-state index is -0.104. The molecule has 18 heavy (non-hydrogen) atoms. The number of benzene rings is 1. The van der Waals surface area contributed by atoms with Crippen molar-refractivity contribution < 1.29 is 4.79 Å². The topological polar surface area (TPSA) is 52.9 Å². The molecule has 1 unspecified atom stereocenters. The molecule has 1 amide bonds. The van der Waals surface area contributed by atoms with E-state index in [4.69, 9.17) is 5.26 Å². The van der Waals surface area contributed by atoms with Gasteiger partial charge in [-0.1, -0.05) is 29.8 Å². The van der Waals surface area contributed by atoms with E-state index in [0.717, 1.165) is 6.42 Å². The molecule has 0 saturated carbocycles. The zero-order valence-corrected chi connectivity index (χ0v) is 12.2. The number of nitrogens with one attached hydrogen (secondary N) is 1. The zero-order chi connectivity index (χ0) is 13.5. The standard InChI is InChI=1S/C14H17BrN2O/c1-10(2)7-13(15)9-17-14(18)12-5-3-11(8-16)4-6-12/h3-6,10,13H,7,9H2,1-2H3,(H,17,18). The Bertz CT molecular complexity index is 434. The second kappa shape index (κ2) is 7.17. The van der Waals surface area contributed by atoms with Gasteiger partial charge in [0.25, 0.3) is 5.91 Å². The Morgan fingerprint density at radius 1 is 1.39 bits per heavy atom. The third kappa shape index (κ3) is 4.89. The van der Waals surface area contributed by atoms with Crippen LogP contribution in [0.5, 0.6) is 0 Å². The Labute approximate surface area is 116 Å². The largest absolute Gasteiger partial charge is 0.351 e. The zero-order valence-electron chi connectivity index (χ0n) is 10.6. The van der Waals surface area contributed by atoms with Crippen molar-refractivity contribution in [1.29, 1.82) is 5.26 Å². The Morgan fingerprint density at radius 2 is 2.00 bits per heavy atom. The van der Waals surface area contributed by atoms with E-state index in [1.54, 1.807) is 24.3 Å². The summed E-state index contributed by atoms with van der Waals surface area (Å²) in [6, 6.07) is 8.65. The lowest BCUT2D eigenvalue weighted by Gasteiger charge is -2.13. The molecule has 0 radical (unpaired) electrons. The van der Waals surface area contributed by atoms with Gasteiger partial charge in [-0.3, -0.25) is 4.79 Å². The number of alkyl halides is 1. The lowest BCUT2D eigenvalue weighted by molar-refractivity contribution is 0.0953. The first-order valence-electron chi connectivity index (χ1n) is 5.95. The van der Waals surface area contributed by atoms with Gasteiger partial charge in [-0.2, -0.15) is 5.26 Å². The van der Waals surface area contributed by atoms with Crippen LogP contribution in [0.1, 0.15) is 36.2 Å². The molecule has 0 aliphatic rings. The molecule has 1 aromatic carbocycles. The van der Waals surface area contributed by atoms with Crippen molar-refractivity contribution in [3.05, 3.63) is 35.4 Å². The molecule has 0 aliphatic carbocycles. The van der Waals surface area contributed by atoms with Crippen LogP contribution in [-0.4, -0.2) is 17.3 Å². The Kier molecular flexibility index (Phi) is 5.87. The van der Waals surface area contributed by atoms with E-state index in [9.17, 15) is 4.79 Å². The van der Waals surface area contributed by atoms with Crippen molar-refractivity contribution in [2.24, 2.45) is 5.92 Å². The SMILES string of the molecule is CC(C)CC(Br)CNC(=O)c1ccc(C#N)cc1. The highest BCUT2D eigenvalue weighted by atomic mass is 79.9. The number of hydrogen-bond acceptors (Lipinski definition) is 2. The lowest BCUT2D eigenvalue weighted by Crippen LogP contribution is -2.30. The van der Waals surface area contributed by atoms with Gasteiger partial charge in [0.2, 0.25) is 0 Å². The molecular formula is C14H17BrN2O. The number of carbonyl (C=O) groups excluding carboxylic acids is 1. The number of rotatable bonds is 5. The van der Waals surface area contributed by atoms with Gasteiger partial charge in [0.05, 0.1) is 11.6 Å². The fraction of sp³-hybridized carbons (Fsp3) is 0.429. The lowest BCUT2D eigenvalue weighted by atomic mass is 10.1. The Hall–Kier alpha value is -1.34. The fourth-order valence-corrected chi connectivity index (χ4v) is 2.51. The molecule has 0 saturated heterocycles. The molecule has 1 atom stereocenters. The number of carbonyl (C=O) groups is 1. The van der Waals surface area contributed by atoms with Gasteiger partial charge in [0.15, 0.2) is 0 Å². The van der Waals surface area contributed by atoms with Gasteiger partial charge in [-0.15, -0.1) is 0 Å². The number of hydrogen-bond donors (Lipinski definition) is 1. The van der Waals surface area contributed by atoms with Gasteiger partial charge < -0.3 is 5.32 Å². The number of amides is 1. The van der Waals surface area contributed by atoms with Gasteiger partial charge in [-0.25, -0.2) is 0 Å². The van der Waals surface area contributed by atoms with Crippen LogP contribution in [0.4, 0.5) is 0 Å². The minimum absolute atomic E-state index is 0.104. The van der Waals surface area contributed by atoms with Crippen LogP contribution in [-0.2, 0) is 0 Å². The highest BCUT2D eigenvalue weighted by Gasteiger charge is 2.10. The van der Waals surface area contributed by atoms with Crippen LogP contribution in [0.2, 0.25) is 0 Å². The Morgan fingerprint density at radius 3 is 2.50 bits per heavy atom. The maximum absolute atomic E-state index is 11.8. The summed E-state index contributed by atoms with van der Waals surface area (Å²) < 4.78 is 0. The molecule has 1 rings (SSSR count). The third-order valence-electron chi connectivity index (χ3n) is 2.49. The predicted molar refractivity (Wildman–Crippen MR) is 75.7 cm³/mol. The van der Waals surface area contributed by atoms with Crippen LogP contribution >= 0.6 is 15.9 Å². The molecule has 0 aliphatic heterocycles. The Balaban J connectivity index is 2.47. The van der Waals surface area contributed by atoms with E-state index in [0.29, 0.717) is 28.4 Å². The van der Waals surface area contributed by atoms with E-state index < -0.39 is 0 Å². The van der Waals surface area contributed by atoms with Crippen molar-refractivity contribution in [2.75, 3.05) is 6.54 Å². The first-order chi connectivity index (χ1) is 8.52. The number of nitrogens with zero attached hydrogens (tertiary/aromatic N) is 1. The fourth-order valence-electron chi connectivity index (χ4n) is 1.60. The molecule has 1 aromatic rings. The summed E-state index contributed by atoms with van der Waals surface area (Å²) >= 11 is 3.54. The molecule has 3 nitrogen and oxygen atoms in total. The van der Waals surface area contributed by atoms with Crippen molar-refractivity contribution in [1.82, 2.24) is 5.32 Å². The number of halogens is 1. The van der Waals surface area contributed by atoms with Crippen molar-refractivity contribution in [3.8, 4) is 6.07 Å². The molecule has 0 heterocycles. The van der Waals surface area contributed by atoms with E-state index in [2.05, 4.69) is 35.1 Å². The summed E-state index contributed by atoms with van der Waals surface area (Å²) in [6.07, 6.45) is 1.02. The molecule has 4 heteroatoms. The van der Waals surface area contributed by atoms with Gasteiger partial charge >= 0.3 is 0 Å². The summed E-state index contributed by atoms with van der Waals surface area (Å²) in [6.45, 7) is 4.91.